The van der Waals surface area contributed by atoms with Crippen molar-refractivity contribution in [1.29, 1.82) is 0 Å². The number of methoxy groups -OCH3 is 3. The van der Waals surface area contributed by atoms with Gasteiger partial charge in [-0.2, -0.15) is 0 Å². The second-order valence-corrected chi connectivity index (χ2v) is 7.58. The van der Waals surface area contributed by atoms with Crippen molar-refractivity contribution in [2.45, 2.75) is 19.4 Å². The van der Waals surface area contributed by atoms with E-state index in [1.54, 1.807) is 41.3 Å². The monoisotopic (exact) mass is 453 g/mol. The number of fused-ring (bicyclic) bond motifs is 2. The van der Waals surface area contributed by atoms with Crippen LogP contribution in [0.15, 0.2) is 45.6 Å². The number of hydrogen-bond donors (Lipinski definition) is 0. The summed E-state index contributed by atoms with van der Waals surface area (Å²) < 4.78 is 27.9. The van der Waals surface area contributed by atoms with Gasteiger partial charge in [-0.05, 0) is 43.2 Å². The van der Waals surface area contributed by atoms with Crippen LogP contribution in [0.4, 0.5) is 0 Å². The van der Waals surface area contributed by atoms with Gasteiger partial charge < -0.3 is 28.3 Å². The number of carbonyl (C=O) groups is 1. The Labute approximate surface area is 191 Å². The summed E-state index contributed by atoms with van der Waals surface area (Å²) in [7, 11) is 4.57. The topological polar surface area (TPSA) is 87.4 Å². The maximum absolute atomic E-state index is 13.6. The molecule has 0 saturated heterocycles. The van der Waals surface area contributed by atoms with E-state index in [0.29, 0.717) is 65.5 Å². The van der Waals surface area contributed by atoms with Crippen LogP contribution >= 0.6 is 0 Å². The summed E-state index contributed by atoms with van der Waals surface area (Å²) in [6.45, 7) is 3.40. The third kappa shape index (κ3) is 3.91. The van der Waals surface area contributed by atoms with Gasteiger partial charge in [-0.15, -0.1) is 0 Å². The molecule has 1 unspecified atom stereocenters. The predicted molar refractivity (Wildman–Crippen MR) is 123 cm³/mol. The minimum Gasteiger partial charge on any atom is -0.493 e. The van der Waals surface area contributed by atoms with Gasteiger partial charge in [0.1, 0.15) is 5.58 Å². The normalized spacial score (nSPS) is 15.1. The van der Waals surface area contributed by atoms with Crippen LogP contribution < -0.4 is 19.6 Å². The first-order valence-corrected chi connectivity index (χ1v) is 10.8. The van der Waals surface area contributed by atoms with E-state index in [9.17, 15) is 9.59 Å². The Morgan fingerprint density at radius 2 is 1.70 bits per heavy atom. The van der Waals surface area contributed by atoms with E-state index in [-0.39, 0.29) is 17.1 Å². The smallest absolute Gasteiger partial charge is 0.290 e. The Morgan fingerprint density at radius 3 is 2.33 bits per heavy atom. The molecule has 8 heteroatoms. The molecule has 0 saturated carbocycles. The van der Waals surface area contributed by atoms with Crippen LogP contribution in [0, 0.1) is 0 Å². The number of amides is 1. The molecule has 33 heavy (non-hydrogen) atoms. The summed E-state index contributed by atoms with van der Waals surface area (Å²) in [6.07, 6.45) is 0.613. The summed E-state index contributed by atoms with van der Waals surface area (Å²) in [6, 6.07) is 9.80. The van der Waals surface area contributed by atoms with Crippen molar-refractivity contribution >= 4 is 16.9 Å². The Kier molecular flexibility index (Phi) is 6.55. The Balaban J connectivity index is 1.91. The minimum atomic E-state index is -0.663. The lowest BCUT2D eigenvalue weighted by atomic mass is 9.97. The molecule has 0 radical (unpaired) electrons. The maximum atomic E-state index is 13.6. The lowest BCUT2D eigenvalue weighted by Gasteiger charge is -2.26. The van der Waals surface area contributed by atoms with Gasteiger partial charge in [0.2, 0.25) is 11.5 Å². The van der Waals surface area contributed by atoms with Gasteiger partial charge in [-0.25, -0.2) is 0 Å². The lowest BCUT2D eigenvalue weighted by molar-refractivity contribution is 0.0695. The van der Waals surface area contributed by atoms with Crippen LogP contribution in [0.5, 0.6) is 17.2 Å². The molecule has 174 valence electrons. The van der Waals surface area contributed by atoms with E-state index in [4.69, 9.17) is 23.4 Å². The molecule has 2 heterocycles. The van der Waals surface area contributed by atoms with Crippen LogP contribution in [0.3, 0.4) is 0 Å². The number of para-hydroxylation sites is 1. The number of rotatable bonds is 9. The van der Waals surface area contributed by atoms with Gasteiger partial charge >= 0.3 is 0 Å². The summed E-state index contributed by atoms with van der Waals surface area (Å²) in [5.74, 6) is 1.04. The van der Waals surface area contributed by atoms with Crippen LogP contribution in [-0.4, -0.2) is 51.9 Å². The number of carbonyl (C=O) groups excluding carboxylic acids is 1. The first-order chi connectivity index (χ1) is 16.0. The number of hydrogen-bond acceptors (Lipinski definition) is 7. The first-order valence-electron chi connectivity index (χ1n) is 10.8. The van der Waals surface area contributed by atoms with Crippen LogP contribution in [-0.2, 0) is 4.74 Å². The van der Waals surface area contributed by atoms with E-state index >= 15 is 0 Å². The second-order valence-electron chi connectivity index (χ2n) is 7.58. The molecule has 3 aromatic rings. The van der Waals surface area contributed by atoms with Crippen LogP contribution in [0.2, 0.25) is 0 Å². The third-order valence-corrected chi connectivity index (χ3v) is 5.77. The van der Waals surface area contributed by atoms with E-state index in [1.165, 1.54) is 21.3 Å². The second kappa shape index (κ2) is 9.54. The molecule has 2 aromatic carbocycles. The minimum absolute atomic E-state index is 0.0638. The Morgan fingerprint density at radius 1 is 1.00 bits per heavy atom. The SMILES string of the molecule is CCOCCCN1C(=O)c2oc3ccccc3c(=O)c2C1c1cc(OC)c(OC)c(OC)c1. The molecule has 0 fully saturated rings. The van der Waals surface area contributed by atoms with E-state index in [1.807, 2.05) is 6.92 Å². The average Bonchev–Trinajstić information content (AvgIpc) is 3.12. The van der Waals surface area contributed by atoms with Gasteiger partial charge in [-0.3, -0.25) is 9.59 Å². The molecule has 1 aliphatic heterocycles. The van der Waals surface area contributed by atoms with Crippen molar-refractivity contribution in [2.24, 2.45) is 0 Å². The zero-order valence-electron chi connectivity index (χ0n) is 19.2. The predicted octanol–water partition coefficient (Wildman–Crippen LogP) is 3.79. The molecule has 0 N–H and O–H groups in total. The highest BCUT2D eigenvalue weighted by Gasteiger charge is 2.43. The van der Waals surface area contributed by atoms with E-state index < -0.39 is 6.04 Å². The fraction of sp³-hybridized carbons (Fsp3) is 0.360. The highest BCUT2D eigenvalue weighted by molar-refractivity contribution is 5.99. The Hall–Kier alpha value is -3.52. The fourth-order valence-corrected chi connectivity index (χ4v) is 4.28. The quantitative estimate of drug-likeness (QED) is 0.456. The molecule has 4 rings (SSSR count). The summed E-state index contributed by atoms with van der Waals surface area (Å²) in [5.41, 5.74) is 1.13. The molecule has 1 atom stereocenters. The van der Waals surface area contributed by atoms with Crippen molar-refractivity contribution in [3.8, 4) is 17.2 Å². The molecule has 0 spiro atoms. The maximum Gasteiger partial charge on any atom is 0.290 e. The van der Waals surface area contributed by atoms with Gasteiger partial charge in [0.25, 0.3) is 5.91 Å². The number of ether oxygens (including phenoxy) is 4. The molecule has 8 nitrogen and oxygen atoms in total. The highest BCUT2D eigenvalue weighted by atomic mass is 16.5. The molecule has 1 aromatic heterocycles. The summed E-state index contributed by atoms with van der Waals surface area (Å²) in [5, 5.41) is 0.428. The molecular formula is C25H27NO7. The lowest BCUT2D eigenvalue weighted by Crippen LogP contribution is -2.31. The van der Waals surface area contributed by atoms with Crippen molar-refractivity contribution in [2.75, 3.05) is 41.1 Å². The zero-order valence-corrected chi connectivity index (χ0v) is 19.2. The summed E-state index contributed by atoms with van der Waals surface area (Å²) >= 11 is 0. The first kappa shape index (κ1) is 22.7. The van der Waals surface area contributed by atoms with Gasteiger partial charge in [-0.1, -0.05) is 12.1 Å². The molecule has 0 bridgehead atoms. The van der Waals surface area contributed by atoms with Crippen molar-refractivity contribution < 1.29 is 28.2 Å². The largest absolute Gasteiger partial charge is 0.493 e. The van der Waals surface area contributed by atoms with Crippen LogP contribution in [0.1, 0.15) is 41.1 Å². The van der Waals surface area contributed by atoms with Crippen molar-refractivity contribution in [3.63, 3.8) is 0 Å². The van der Waals surface area contributed by atoms with Gasteiger partial charge in [0.05, 0.1) is 38.3 Å². The van der Waals surface area contributed by atoms with E-state index in [0.717, 1.165) is 0 Å². The molecule has 1 amide bonds. The summed E-state index contributed by atoms with van der Waals surface area (Å²) in [4.78, 5) is 28.6. The van der Waals surface area contributed by atoms with Crippen LogP contribution in [0.25, 0.3) is 11.0 Å². The molecule has 1 aliphatic rings. The fourth-order valence-electron chi connectivity index (χ4n) is 4.28. The Bertz CT molecular complexity index is 1210. The average molecular weight is 453 g/mol. The standard InChI is InChI=1S/C25H27NO7/c1-5-32-12-8-11-26-21(15-13-18(29-2)23(31-4)19(14-15)30-3)20-22(27)16-9-6-7-10-17(16)33-24(20)25(26)28/h6-7,9-10,13-14,21H,5,8,11-12H2,1-4H3. The molecule has 0 aliphatic carbocycles. The van der Waals surface area contributed by atoms with E-state index in [2.05, 4.69) is 0 Å². The van der Waals surface area contributed by atoms with Gasteiger partial charge in [0, 0.05) is 19.8 Å². The number of nitrogens with zero attached hydrogens (tertiary/aromatic N) is 1. The van der Waals surface area contributed by atoms with Crippen molar-refractivity contribution in [1.82, 2.24) is 4.90 Å². The zero-order chi connectivity index (χ0) is 23.5. The van der Waals surface area contributed by atoms with Gasteiger partial charge in [0.15, 0.2) is 16.9 Å². The third-order valence-electron chi connectivity index (χ3n) is 5.77. The number of benzene rings is 2. The van der Waals surface area contributed by atoms with Crippen molar-refractivity contribution in [3.05, 3.63) is 63.5 Å². The molecular weight excluding hydrogens is 426 g/mol. The highest BCUT2D eigenvalue weighted by Crippen LogP contribution is 2.45.